The number of esters is 1. The second-order valence-electron chi connectivity index (χ2n) is 4.45. The van der Waals surface area contributed by atoms with Crippen molar-refractivity contribution < 1.29 is 14.5 Å². The van der Waals surface area contributed by atoms with Gasteiger partial charge in [-0.3, -0.25) is 10.1 Å². The molecule has 0 radical (unpaired) electrons. The number of ether oxygens (including phenoxy) is 1. The highest BCUT2D eigenvalue weighted by atomic mass is 16.6. The lowest BCUT2D eigenvalue weighted by molar-refractivity contribution is -0.384. The van der Waals surface area contributed by atoms with Crippen LogP contribution in [0.5, 0.6) is 0 Å². The molecule has 2 N–H and O–H groups in total. The van der Waals surface area contributed by atoms with Crippen molar-refractivity contribution in [2.45, 2.75) is 6.10 Å². The number of nitrogens with zero attached hydrogens (tertiary/aromatic N) is 1. The van der Waals surface area contributed by atoms with E-state index in [0.29, 0.717) is 16.7 Å². The van der Waals surface area contributed by atoms with Crippen molar-refractivity contribution in [2.75, 3.05) is 5.73 Å². The Morgan fingerprint density at radius 2 is 1.95 bits per heavy atom. The molecule has 1 atom stereocenters. The molecule has 0 aliphatic carbocycles. The van der Waals surface area contributed by atoms with Gasteiger partial charge in [0.25, 0.3) is 5.69 Å². The predicted molar refractivity (Wildman–Crippen MR) is 71.2 cm³/mol. The summed E-state index contributed by atoms with van der Waals surface area (Å²) in [5, 5.41) is 10.9. The molecular weight excluding hydrogens is 260 g/mol. The lowest BCUT2D eigenvalue weighted by Crippen LogP contribution is -2.03. The molecule has 0 fully saturated rings. The van der Waals surface area contributed by atoms with Crippen LogP contribution in [0.15, 0.2) is 42.5 Å². The Hall–Kier alpha value is -2.89. The van der Waals surface area contributed by atoms with Gasteiger partial charge in [-0.25, -0.2) is 4.79 Å². The summed E-state index contributed by atoms with van der Waals surface area (Å²) in [6, 6.07) is 11.4. The maximum absolute atomic E-state index is 11.8. The van der Waals surface area contributed by atoms with Crippen molar-refractivity contribution in [1.29, 1.82) is 0 Å². The molecule has 0 bridgehead atoms. The fraction of sp³-hybridized carbons (Fsp3) is 0.0714. The van der Waals surface area contributed by atoms with E-state index in [1.807, 2.05) is 0 Å². The number of carbonyl (C=O) groups excluding carboxylic acids is 1. The number of benzene rings is 2. The summed E-state index contributed by atoms with van der Waals surface area (Å²) in [6.45, 7) is 0. The quantitative estimate of drug-likeness (QED) is 0.391. The summed E-state index contributed by atoms with van der Waals surface area (Å²) in [6.07, 6.45) is -0.627. The topological polar surface area (TPSA) is 95.5 Å². The first kappa shape index (κ1) is 12.2. The SMILES string of the molecule is Nc1ccc(C2OC(=O)c3ccccc32)cc1[N+](=O)[O-]. The fourth-order valence-corrected chi connectivity index (χ4v) is 2.28. The number of hydrogen-bond acceptors (Lipinski definition) is 5. The maximum atomic E-state index is 11.8. The Morgan fingerprint density at radius 3 is 2.70 bits per heavy atom. The minimum Gasteiger partial charge on any atom is -0.449 e. The Morgan fingerprint density at radius 1 is 1.20 bits per heavy atom. The van der Waals surface area contributed by atoms with Gasteiger partial charge in [-0.1, -0.05) is 24.3 Å². The molecule has 0 saturated carbocycles. The monoisotopic (exact) mass is 270 g/mol. The Balaban J connectivity index is 2.10. The summed E-state index contributed by atoms with van der Waals surface area (Å²) in [7, 11) is 0. The molecule has 0 spiro atoms. The second-order valence-corrected chi connectivity index (χ2v) is 4.45. The number of nitrogen functional groups attached to an aromatic ring is 1. The number of fused-ring (bicyclic) bond motifs is 1. The predicted octanol–water partition coefficient (Wildman–Crippen LogP) is 2.44. The van der Waals surface area contributed by atoms with Crippen molar-refractivity contribution in [2.24, 2.45) is 0 Å². The molecule has 2 aromatic carbocycles. The standard InChI is InChI=1S/C14H10N2O4/c15-11-6-5-8(7-12(11)16(18)19)13-9-3-1-2-4-10(9)14(17)20-13/h1-7,13H,15H2. The molecule has 3 rings (SSSR count). The highest BCUT2D eigenvalue weighted by Crippen LogP contribution is 2.37. The lowest BCUT2D eigenvalue weighted by Gasteiger charge is -2.11. The zero-order valence-corrected chi connectivity index (χ0v) is 10.3. The van der Waals surface area contributed by atoms with Crippen LogP contribution >= 0.6 is 0 Å². The molecule has 0 aromatic heterocycles. The summed E-state index contributed by atoms with van der Waals surface area (Å²) in [5.41, 5.74) is 7.17. The Bertz CT molecular complexity index is 727. The van der Waals surface area contributed by atoms with Crippen LogP contribution in [0.1, 0.15) is 27.6 Å². The van der Waals surface area contributed by atoms with Crippen molar-refractivity contribution in [3.8, 4) is 0 Å². The molecule has 6 nitrogen and oxygen atoms in total. The summed E-state index contributed by atoms with van der Waals surface area (Å²) in [5.74, 6) is -0.426. The van der Waals surface area contributed by atoms with Gasteiger partial charge in [0.15, 0.2) is 6.10 Å². The number of nitro groups is 1. The van der Waals surface area contributed by atoms with Crippen LogP contribution in [0.2, 0.25) is 0 Å². The Kier molecular flexibility index (Phi) is 2.64. The van der Waals surface area contributed by atoms with Crippen LogP contribution in [-0.2, 0) is 4.74 Å². The number of carbonyl (C=O) groups is 1. The van der Waals surface area contributed by atoms with Gasteiger partial charge < -0.3 is 10.5 Å². The molecule has 1 heterocycles. The molecule has 6 heteroatoms. The number of hydrogen-bond donors (Lipinski definition) is 1. The van der Waals surface area contributed by atoms with Crippen molar-refractivity contribution in [3.05, 3.63) is 69.3 Å². The van der Waals surface area contributed by atoms with E-state index in [1.54, 1.807) is 30.3 Å². The van der Waals surface area contributed by atoms with Crippen LogP contribution in [0.4, 0.5) is 11.4 Å². The van der Waals surface area contributed by atoms with E-state index in [9.17, 15) is 14.9 Å². The van der Waals surface area contributed by atoms with E-state index in [4.69, 9.17) is 10.5 Å². The molecule has 1 aliphatic heterocycles. The molecule has 100 valence electrons. The average molecular weight is 270 g/mol. The normalized spacial score (nSPS) is 16.6. The molecule has 0 saturated heterocycles. The summed E-state index contributed by atoms with van der Waals surface area (Å²) in [4.78, 5) is 22.1. The zero-order chi connectivity index (χ0) is 14.3. The van der Waals surface area contributed by atoms with Crippen LogP contribution < -0.4 is 5.73 Å². The van der Waals surface area contributed by atoms with Crippen LogP contribution in [0.3, 0.4) is 0 Å². The third-order valence-electron chi connectivity index (χ3n) is 3.24. The van der Waals surface area contributed by atoms with E-state index in [0.717, 1.165) is 0 Å². The molecule has 1 aliphatic rings. The van der Waals surface area contributed by atoms with Crippen molar-refractivity contribution in [3.63, 3.8) is 0 Å². The fourth-order valence-electron chi connectivity index (χ4n) is 2.28. The van der Waals surface area contributed by atoms with Gasteiger partial charge in [0.1, 0.15) is 5.69 Å². The molecule has 2 aromatic rings. The Labute approximate surface area is 113 Å². The van der Waals surface area contributed by atoms with Gasteiger partial charge in [0.05, 0.1) is 10.5 Å². The van der Waals surface area contributed by atoms with Crippen molar-refractivity contribution >= 4 is 17.3 Å². The second kappa shape index (κ2) is 4.34. The summed E-state index contributed by atoms with van der Waals surface area (Å²) < 4.78 is 5.29. The zero-order valence-electron chi connectivity index (χ0n) is 10.3. The first-order valence-corrected chi connectivity index (χ1v) is 5.91. The molecule has 1 unspecified atom stereocenters. The van der Waals surface area contributed by atoms with E-state index in [2.05, 4.69) is 0 Å². The number of nitro benzene ring substituents is 1. The molecule has 20 heavy (non-hydrogen) atoms. The lowest BCUT2D eigenvalue weighted by atomic mass is 9.99. The largest absolute Gasteiger partial charge is 0.449 e. The minimum absolute atomic E-state index is 0.0800. The minimum atomic E-state index is -0.627. The van der Waals surface area contributed by atoms with Crippen molar-refractivity contribution in [1.82, 2.24) is 0 Å². The number of rotatable bonds is 2. The summed E-state index contributed by atoms with van der Waals surface area (Å²) >= 11 is 0. The average Bonchev–Trinajstić information content (AvgIpc) is 2.77. The molecule has 0 amide bonds. The van der Waals surface area contributed by atoms with Gasteiger partial charge >= 0.3 is 5.97 Å². The number of cyclic esters (lactones) is 1. The van der Waals surface area contributed by atoms with Gasteiger partial charge in [0.2, 0.25) is 0 Å². The van der Waals surface area contributed by atoms with Gasteiger partial charge in [-0.15, -0.1) is 0 Å². The van der Waals surface area contributed by atoms with Gasteiger partial charge in [-0.05, 0) is 12.1 Å². The van der Waals surface area contributed by atoms with Crippen LogP contribution in [0, 0.1) is 10.1 Å². The highest BCUT2D eigenvalue weighted by Gasteiger charge is 2.32. The van der Waals surface area contributed by atoms with Gasteiger partial charge in [0, 0.05) is 17.2 Å². The first-order valence-electron chi connectivity index (χ1n) is 5.91. The highest BCUT2D eigenvalue weighted by molar-refractivity contribution is 5.94. The maximum Gasteiger partial charge on any atom is 0.339 e. The van der Waals surface area contributed by atoms with E-state index in [1.165, 1.54) is 12.1 Å². The number of nitrogens with two attached hydrogens (primary N) is 1. The smallest absolute Gasteiger partial charge is 0.339 e. The molecular formula is C14H10N2O4. The van der Waals surface area contributed by atoms with E-state index < -0.39 is 17.0 Å². The third kappa shape index (κ3) is 1.78. The third-order valence-corrected chi connectivity index (χ3v) is 3.24. The van der Waals surface area contributed by atoms with E-state index >= 15 is 0 Å². The first-order chi connectivity index (χ1) is 9.58. The van der Waals surface area contributed by atoms with Crippen LogP contribution in [-0.4, -0.2) is 10.9 Å². The van der Waals surface area contributed by atoms with Crippen LogP contribution in [0.25, 0.3) is 0 Å². The van der Waals surface area contributed by atoms with E-state index in [-0.39, 0.29) is 11.4 Å². The number of anilines is 1. The van der Waals surface area contributed by atoms with Gasteiger partial charge in [-0.2, -0.15) is 0 Å².